The second kappa shape index (κ2) is 5.47. The second-order valence-electron chi connectivity index (χ2n) is 8.54. The largest absolute Gasteiger partial charge is 0.457 e. The fourth-order valence-corrected chi connectivity index (χ4v) is 5.86. The van der Waals surface area contributed by atoms with E-state index in [-0.39, 0.29) is 23.8 Å². The number of nitrogens with zero attached hydrogens (tertiary/aromatic N) is 1. The predicted octanol–water partition coefficient (Wildman–Crippen LogP) is 3.58. The maximum Gasteiger partial charge on any atom is 0.312 e. The third-order valence-corrected chi connectivity index (χ3v) is 6.88. The molecule has 24 heavy (non-hydrogen) atoms. The lowest BCUT2D eigenvalue weighted by atomic mass is 9.49. The lowest BCUT2D eigenvalue weighted by molar-refractivity contribution is -0.170. The molecule has 4 aliphatic carbocycles. The Morgan fingerprint density at radius 2 is 1.67 bits per heavy atom. The molecule has 4 aliphatic rings. The van der Waals surface area contributed by atoms with Crippen LogP contribution in [0.4, 0.5) is 0 Å². The highest BCUT2D eigenvalue weighted by atomic mass is 16.5. The van der Waals surface area contributed by atoms with Crippen LogP contribution in [0.2, 0.25) is 0 Å². The molecule has 1 heterocycles. The predicted molar refractivity (Wildman–Crippen MR) is 90.8 cm³/mol. The molecule has 130 valence electrons. The van der Waals surface area contributed by atoms with Crippen molar-refractivity contribution < 1.29 is 14.3 Å². The van der Waals surface area contributed by atoms with Gasteiger partial charge in [0.05, 0.1) is 5.41 Å². The van der Waals surface area contributed by atoms with Gasteiger partial charge < -0.3 is 9.30 Å². The zero-order valence-electron chi connectivity index (χ0n) is 14.9. The van der Waals surface area contributed by atoms with Gasteiger partial charge in [0.25, 0.3) is 0 Å². The van der Waals surface area contributed by atoms with Crippen LogP contribution >= 0.6 is 0 Å². The highest BCUT2D eigenvalue weighted by Crippen LogP contribution is 2.60. The summed E-state index contributed by atoms with van der Waals surface area (Å²) in [5.41, 5.74) is 2.37. The van der Waals surface area contributed by atoms with Crippen LogP contribution in [0.25, 0.3) is 0 Å². The number of ether oxygens (including phenoxy) is 1. The molecule has 4 nitrogen and oxygen atoms in total. The van der Waals surface area contributed by atoms with Crippen molar-refractivity contribution in [1.29, 1.82) is 0 Å². The Morgan fingerprint density at radius 1 is 1.12 bits per heavy atom. The van der Waals surface area contributed by atoms with E-state index in [0.717, 1.165) is 30.7 Å². The van der Waals surface area contributed by atoms with E-state index in [0.29, 0.717) is 23.3 Å². The Morgan fingerprint density at radius 3 is 2.12 bits per heavy atom. The van der Waals surface area contributed by atoms with Crippen LogP contribution in [0.15, 0.2) is 6.07 Å². The molecule has 4 fully saturated rings. The highest BCUT2D eigenvalue weighted by molar-refractivity contribution is 5.99. The topological polar surface area (TPSA) is 48.3 Å². The molecule has 4 bridgehead atoms. The molecule has 5 rings (SSSR count). The third-order valence-electron chi connectivity index (χ3n) is 6.88. The zero-order chi connectivity index (χ0) is 17.1. The Balaban J connectivity index is 1.43. The Labute approximate surface area is 143 Å². The molecule has 0 saturated heterocycles. The Bertz CT molecular complexity index is 665. The van der Waals surface area contributed by atoms with Crippen LogP contribution in [-0.2, 0) is 16.6 Å². The van der Waals surface area contributed by atoms with E-state index in [1.54, 1.807) is 0 Å². The molecule has 0 aromatic carbocycles. The first-order chi connectivity index (χ1) is 11.4. The molecule has 1 aromatic rings. The van der Waals surface area contributed by atoms with Gasteiger partial charge >= 0.3 is 5.97 Å². The summed E-state index contributed by atoms with van der Waals surface area (Å²) < 4.78 is 7.54. The van der Waals surface area contributed by atoms with Crippen molar-refractivity contribution >= 4 is 11.8 Å². The van der Waals surface area contributed by atoms with Crippen LogP contribution in [0.3, 0.4) is 0 Å². The summed E-state index contributed by atoms with van der Waals surface area (Å²) in [6.45, 7) is 3.79. The minimum atomic E-state index is -0.281. The molecule has 0 amide bonds. The van der Waals surface area contributed by atoms with E-state index in [1.807, 2.05) is 31.5 Å². The number of Topliss-reactive ketones (excluding diaryl/α,β-unsaturated/α-hetero) is 1. The van der Waals surface area contributed by atoms with Gasteiger partial charge in [-0.3, -0.25) is 9.59 Å². The molecule has 1 aromatic heterocycles. The number of aryl methyl sites for hydroxylation is 1. The number of ketones is 1. The van der Waals surface area contributed by atoms with Crippen LogP contribution in [-0.4, -0.2) is 22.9 Å². The quantitative estimate of drug-likeness (QED) is 0.626. The summed E-state index contributed by atoms with van der Waals surface area (Å²) in [5.74, 6) is 1.92. The normalized spacial score (nSPS) is 33.7. The van der Waals surface area contributed by atoms with Crippen molar-refractivity contribution in [3.8, 4) is 0 Å². The summed E-state index contributed by atoms with van der Waals surface area (Å²) in [4.78, 5) is 25.3. The SMILES string of the molecule is Cc1cc(C(=O)COC(=O)C23CC4CC(CC(C4)C2)C3)c(C)n1C. The zero-order valence-corrected chi connectivity index (χ0v) is 14.9. The molecule has 4 heteroatoms. The van der Waals surface area contributed by atoms with Gasteiger partial charge in [0, 0.05) is 24.0 Å². The number of carbonyl (C=O) groups is 2. The first-order valence-corrected chi connectivity index (χ1v) is 9.21. The van der Waals surface area contributed by atoms with E-state index in [9.17, 15) is 9.59 Å². The fourth-order valence-electron chi connectivity index (χ4n) is 5.86. The average Bonchev–Trinajstić information content (AvgIpc) is 2.78. The van der Waals surface area contributed by atoms with Crippen molar-refractivity contribution in [3.05, 3.63) is 23.0 Å². The van der Waals surface area contributed by atoms with Gasteiger partial charge in [-0.15, -0.1) is 0 Å². The molecule has 0 atom stereocenters. The number of hydrogen-bond donors (Lipinski definition) is 0. The summed E-state index contributed by atoms with van der Waals surface area (Å²) >= 11 is 0. The maximum atomic E-state index is 12.8. The molecule has 0 N–H and O–H groups in total. The lowest BCUT2D eigenvalue weighted by Crippen LogP contribution is -2.50. The van der Waals surface area contributed by atoms with Crippen molar-refractivity contribution in [2.24, 2.45) is 30.2 Å². The van der Waals surface area contributed by atoms with E-state index < -0.39 is 0 Å². The standard InChI is InChI=1S/C20H27NO3/c1-12-4-17(13(2)21(12)3)18(22)11-24-19(23)20-8-14-5-15(9-20)7-16(6-14)10-20/h4,14-16H,5-11H2,1-3H3. The van der Waals surface area contributed by atoms with Crippen LogP contribution in [0.1, 0.15) is 60.3 Å². The fraction of sp³-hybridized carbons (Fsp3) is 0.700. The molecular weight excluding hydrogens is 302 g/mol. The van der Waals surface area contributed by atoms with Crippen molar-refractivity contribution in [1.82, 2.24) is 4.57 Å². The monoisotopic (exact) mass is 329 g/mol. The van der Waals surface area contributed by atoms with Crippen molar-refractivity contribution in [2.45, 2.75) is 52.4 Å². The van der Waals surface area contributed by atoms with Gasteiger partial charge in [-0.05, 0) is 76.2 Å². The van der Waals surface area contributed by atoms with Crippen molar-refractivity contribution in [3.63, 3.8) is 0 Å². The van der Waals surface area contributed by atoms with Crippen LogP contribution < -0.4 is 0 Å². The summed E-state index contributed by atoms with van der Waals surface area (Å²) in [7, 11) is 1.95. The first-order valence-electron chi connectivity index (χ1n) is 9.21. The van der Waals surface area contributed by atoms with Gasteiger partial charge in [0.1, 0.15) is 0 Å². The van der Waals surface area contributed by atoms with E-state index >= 15 is 0 Å². The summed E-state index contributed by atoms with van der Waals surface area (Å²) in [6.07, 6.45) is 6.84. The van der Waals surface area contributed by atoms with E-state index in [2.05, 4.69) is 0 Å². The smallest absolute Gasteiger partial charge is 0.312 e. The van der Waals surface area contributed by atoms with E-state index in [1.165, 1.54) is 19.3 Å². The number of aromatic nitrogens is 1. The minimum absolute atomic E-state index is 0.0886. The van der Waals surface area contributed by atoms with Gasteiger partial charge in [-0.2, -0.15) is 0 Å². The van der Waals surface area contributed by atoms with Gasteiger partial charge in [-0.1, -0.05) is 0 Å². The number of rotatable bonds is 4. The molecule has 4 saturated carbocycles. The van der Waals surface area contributed by atoms with Crippen LogP contribution in [0.5, 0.6) is 0 Å². The van der Waals surface area contributed by atoms with Crippen molar-refractivity contribution in [2.75, 3.05) is 6.61 Å². The Hall–Kier alpha value is -1.58. The lowest BCUT2D eigenvalue weighted by Gasteiger charge is -2.55. The average molecular weight is 329 g/mol. The molecule has 0 radical (unpaired) electrons. The maximum absolute atomic E-state index is 12.8. The summed E-state index contributed by atoms with van der Waals surface area (Å²) in [6, 6.07) is 1.89. The minimum Gasteiger partial charge on any atom is -0.457 e. The number of hydrogen-bond acceptors (Lipinski definition) is 3. The molecule has 0 unspecified atom stereocenters. The van der Waals surface area contributed by atoms with E-state index in [4.69, 9.17) is 4.74 Å². The highest BCUT2D eigenvalue weighted by Gasteiger charge is 2.55. The summed E-state index contributed by atoms with van der Waals surface area (Å²) in [5, 5.41) is 0. The molecule has 0 aliphatic heterocycles. The second-order valence-corrected chi connectivity index (χ2v) is 8.54. The first kappa shape index (κ1) is 15.9. The Kier molecular flexibility index (Phi) is 3.63. The molecule has 0 spiro atoms. The third kappa shape index (κ3) is 2.42. The molecular formula is C20H27NO3. The van der Waals surface area contributed by atoms with Gasteiger partial charge in [0.15, 0.2) is 6.61 Å². The van der Waals surface area contributed by atoms with Gasteiger partial charge in [-0.25, -0.2) is 0 Å². The number of carbonyl (C=O) groups excluding carboxylic acids is 2. The van der Waals surface area contributed by atoms with Crippen LogP contribution in [0, 0.1) is 37.0 Å². The van der Waals surface area contributed by atoms with Gasteiger partial charge in [0.2, 0.25) is 5.78 Å². The number of esters is 1.